The van der Waals surface area contributed by atoms with Gasteiger partial charge in [-0.25, -0.2) is 4.98 Å². The van der Waals surface area contributed by atoms with E-state index >= 15 is 0 Å². The van der Waals surface area contributed by atoms with E-state index in [0.717, 1.165) is 30.0 Å². The molecular weight excluding hydrogens is 360 g/mol. The van der Waals surface area contributed by atoms with Crippen molar-refractivity contribution in [3.05, 3.63) is 59.8 Å². The van der Waals surface area contributed by atoms with Crippen LogP contribution in [0.4, 0.5) is 5.82 Å². The lowest BCUT2D eigenvalue weighted by atomic mass is 9.88. The van der Waals surface area contributed by atoms with Gasteiger partial charge in [-0.1, -0.05) is 30.3 Å². The van der Waals surface area contributed by atoms with E-state index in [-0.39, 0.29) is 12.0 Å². The van der Waals surface area contributed by atoms with Crippen molar-refractivity contribution in [1.82, 2.24) is 13.6 Å². The predicted octanol–water partition coefficient (Wildman–Crippen LogP) is 2.31. The molecule has 1 aromatic heterocycles. The maximum absolute atomic E-state index is 13.0. The van der Waals surface area contributed by atoms with Gasteiger partial charge in [-0.15, -0.1) is 0 Å². The highest BCUT2D eigenvalue weighted by molar-refractivity contribution is 7.86. The highest BCUT2D eigenvalue weighted by Gasteiger charge is 2.52. The third-order valence-corrected chi connectivity index (χ3v) is 7.75. The monoisotopic (exact) mass is 386 g/mol. The number of hydrogen-bond donors (Lipinski definition) is 0. The Morgan fingerprint density at radius 2 is 1.78 bits per heavy atom. The maximum Gasteiger partial charge on any atom is 0.282 e. The third kappa shape index (κ3) is 3.13. The molecule has 0 N–H and O–H groups in total. The van der Waals surface area contributed by atoms with Gasteiger partial charge in [0.15, 0.2) is 0 Å². The second-order valence-corrected chi connectivity index (χ2v) is 9.77. The normalized spacial score (nSPS) is 25.9. The SMILES string of the molecule is Cc1ccccc1[C@@H]1[C@H]2CN(c3ccccn3)C[C@H]2CN1S(=O)(=O)N(C)C. The van der Waals surface area contributed by atoms with Gasteiger partial charge in [-0.3, -0.25) is 0 Å². The van der Waals surface area contributed by atoms with Crippen LogP contribution in [-0.4, -0.2) is 55.7 Å². The summed E-state index contributed by atoms with van der Waals surface area (Å²) >= 11 is 0. The minimum atomic E-state index is -3.48. The van der Waals surface area contributed by atoms with Gasteiger partial charge >= 0.3 is 0 Å². The largest absolute Gasteiger partial charge is 0.356 e. The van der Waals surface area contributed by atoms with Gasteiger partial charge in [0.05, 0.1) is 6.04 Å². The minimum absolute atomic E-state index is 0.141. The second kappa shape index (κ2) is 6.89. The first-order chi connectivity index (χ1) is 12.9. The topological polar surface area (TPSA) is 56.8 Å². The molecule has 2 aromatic rings. The number of fused-ring (bicyclic) bond motifs is 1. The molecule has 144 valence electrons. The summed E-state index contributed by atoms with van der Waals surface area (Å²) in [5.41, 5.74) is 2.25. The quantitative estimate of drug-likeness (QED) is 0.809. The molecular formula is C20H26N4O2S. The van der Waals surface area contributed by atoms with Crippen LogP contribution in [0.1, 0.15) is 17.2 Å². The highest BCUT2D eigenvalue weighted by atomic mass is 32.2. The molecule has 0 amide bonds. The summed E-state index contributed by atoms with van der Waals surface area (Å²) in [5, 5.41) is 0. The van der Waals surface area contributed by atoms with Crippen molar-refractivity contribution in [2.24, 2.45) is 11.8 Å². The fourth-order valence-electron chi connectivity index (χ4n) is 4.49. The molecule has 4 rings (SSSR count). The Bertz CT molecular complexity index is 917. The lowest BCUT2D eigenvalue weighted by molar-refractivity contribution is 0.327. The van der Waals surface area contributed by atoms with Gasteiger partial charge in [-0.05, 0) is 36.1 Å². The summed E-state index contributed by atoms with van der Waals surface area (Å²) in [5.74, 6) is 1.52. The van der Waals surface area contributed by atoms with Crippen LogP contribution in [0.2, 0.25) is 0 Å². The molecule has 6 nitrogen and oxygen atoms in total. The van der Waals surface area contributed by atoms with Crippen molar-refractivity contribution in [2.45, 2.75) is 13.0 Å². The molecule has 27 heavy (non-hydrogen) atoms. The van der Waals surface area contributed by atoms with E-state index in [1.807, 2.05) is 36.5 Å². The van der Waals surface area contributed by atoms with Gasteiger partial charge in [0.1, 0.15) is 5.82 Å². The molecule has 1 aromatic carbocycles. The second-order valence-electron chi connectivity index (χ2n) is 7.68. The zero-order valence-electron chi connectivity index (χ0n) is 16.0. The molecule has 0 bridgehead atoms. The molecule has 0 unspecified atom stereocenters. The molecule has 0 spiro atoms. The van der Waals surface area contributed by atoms with Crippen molar-refractivity contribution >= 4 is 16.0 Å². The lowest BCUT2D eigenvalue weighted by Crippen LogP contribution is -2.42. The number of benzene rings is 1. The number of anilines is 1. The Hall–Kier alpha value is -1.96. The number of hydrogen-bond acceptors (Lipinski definition) is 4. The first-order valence-corrected chi connectivity index (χ1v) is 10.7. The van der Waals surface area contributed by atoms with Crippen LogP contribution >= 0.6 is 0 Å². The maximum atomic E-state index is 13.0. The summed E-state index contributed by atoms with van der Waals surface area (Å²) in [4.78, 5) is 6.78. The Morgan fingerprint density at radius 1 is 1.04 bits per heavy atom. The van der Waals surface area contributed by atoms with Gasteiger partial charge in [0.25, 0.3) is 10.2 Å². The Labute approximate surface area is 161 Å². The number of nitrogens with zero attached hydrogens (tertiary/aromatic N) is 4. The Balaban J connectivity index is 1.72. The molecule has 2 aliphatic rings. The molecule has 3 heterocycles. The summed E-state index contributed by atoms with van der Waals surface area (Å²) < 4.78 is 29.1. The van der Waals surface area contributed by atoms with Crippen molar-refractivity contribution in [3.8, 4) is 0 Å². The summed E-state index contributed by atoms with van der Waals surface area (Å²) in [6.07, 6.45) is 1.81. The van der Waals surface area contributed by atoms with E-state index in [4.69, 9.17) is 0 Å². The van der Waals surface area contributed by atoms with Gasteiger partial charge in [0, 0.05) is 45.8 Å². The zero-order chi connectivity index (χ0) is 19.2. The van der Waals surface area contributed by atoms with E-state index in [0.29, 0.717) is 12.5 Å². The Kier molecular flexibility index (Phi) is 4.70. The van der Waals surface area contributed by atoms with Crippen LogP contribution in [0, 0.1) is 18.8 Å². The molecule has 2 aliphatic heterocycles. The summed E-state index contributed by atoms with van der Waals surface area (Å²) in [6.45, 7) is 4.27. The number of rotatable bonds is 4. The molecule has 3 atom stereocenters. The van der Waals surface area contributed by atoms with E-state index in [2.05, 4.69) is 28.9 Å². The van der Waals surface area contributed by atoms with Crippen molar-refractivity contribution in [3.63, 3.8) is 0 Å². The summed E-state index contributed by atoms with van der Waals surface area (Å²) in [6, 6.07) is 13.9. The number of pyridine rings is 1. The smallest absolute Gasteiger partial charge is 0.282 e. The van der Waals surface area contributed by atoms with Gasteiger partial charge in [0.2, 0.25) is 0 Å². The average molecular weight is 387 g/mol. The molecule has 2 saturated heterocycles. The molecule has 0 radical (unpaired) electrons. The zero-order valence-corrected chi connectivity index (χ0v) is 16.8. The van der Waals surface area contributed by atoms with E-state index in [1.165, 1.54) is 4.31 Å². The first kappa shape index (κ1) is 18.4. The van der Waals surface area contributed by atoms with Gasteiger partial charge in [-0.2, -0.15) is 17.0 Å². The lowest BCUT2D eigenvalue weighted by Gasteiger charge is -2.32. The van der Waals surface area contributed by atoms with Crippen LogP contribution in [0.25, 0.3) is 0 Å². The number of aryl methyl sites for hydroxylation is 1. The molecule has 2 fully saturated rings. The van der Waals surface area contributed by atoms with Crippen molar-refractivity contribution in [1.29, 1.82) is 0 Å². The minimum Gasteiger partial charge on any atom is -0.356 e. The Morgan fingerprint density at radius 3 is 2.44 bits per heavy atom. The van der Waals surface area contributed by atoms with Crippen LogP contribution in [-0.2, 0) is 10.2 Å². The fourth-order valence-corrected chi connectivity index (χ4v) is 5.84. The summed E-state index contributed by atoms with van der Waals surface area (Å²) in [7, 11) is -0.263. The van der Waals surface area contributed by atoms with Crippen LogP contribution in [0.3, 0.4) is 0 Å². The average Bonchev–Trinajstić information content (AvgIpc) is 3.21. The van der Waals surface area contributed by atoms with Crippen LogP contribution in [0.5, 0.6) is 0 Å². The molecule has 0 aliphatic carbocycles. The van der Waals surface area contributed by atoms with E-state index < -0.39 is 10.2 Å². The van der Waals surface area contributed by atoms with Gasteiger partial charge < -0.3 is 4.90 Å². The molecule has 7 heteroatoms. The van der Waals surface area contributed by atoms with Crippen molar-refractivity contribution in [2.75, 3.05) is 38.6 Å². The van der Waals surface area contributed by atoms with E-state index in [9.17, 15) is 8.42 Å². The molecule has 0 saturated carbocycles. The van der Waals surface area contributed by atoms with E-state index in [1.54, 1.807) is 18.4 Å². The van der Waals surface area contributed by atoms with Crippen LogP contribution in [0.15, 0.2) is 48.7 Å². The fraction of sp³-hybridized carbons (Fsp3) is 0.450. The standard InChI is InChI=1S/C20H26N4O2S/c1-15-8-4-5-9-17(15)20-18-14-23(19-10-6-7-11-21-19)12-16(18)13-24(20)27(25,26)22(2)3/h4-11,16,18,20H,12-14H2,1-3H3/t16-,18-,20+/m0/s1. The predicted molar refractivity (Wildman–Crippen MR) is 107 cm³/mol. The highest BCUT2D eigenvalue weighted by Crippen LogP contribution is 2.47. The van der Waals surface area contributed by atoms with Crippen molar-refractivity contribution < 1.29 is 8.42 Å². The first-order valence-electron chi connectivity index (χ1n) is 9.30. The third-order valence-electron chi connectivity index (χ3n) is 5.86. The van der Waals surface area contributed by atoms with Crippen LogP contribution < -0.4 is 4.90 Å². The number of aromatic nitrogens is 1.